The highest BCUT2D eigenvalue weighted by molar-refractivity contribution is 5.94. The monoisotopic (exact) mass is 285 g/mol. The van der Waals surface area contributed by atoms with Gasteiger partial charge in [0.2, 0.25) is 5.91 Å². The van der Waals surface area contributed by atoms with Gasteiger partial charge in [-0.2, -0.15) is 0 Å². The molecule has 1 heterocycles. The predicted octanol–water partition coefficient (Wildman–Crippen LogP) is 2.14. The molecule has 1 amide bonds. The SMILES string of the molecule is O=C(CNC1CC1)Nc1c2c(nc3c1CCC3)CCCC2. The second-order valence-corrected chi connectivity index (χ2v) is 6.60. The summed E-state index contributed by atoms with van der Waals surface area (Å²) in [6.45, 7) is 0.441. The molecule has 0 saturated heterocycles. The number of anilines is 1. The van der Waals surface area contributed by atoms with Crippen LogP contribution in [0.4, 0.5) is 5.69 Å². The van der Waals surface area contributed by atoms with Crippen molar-refractivity contribution in [2.24, 2.45) is 0 Å². The van der Waals surface area contributed by atoms with Gasteiger partial charge >= 0.3 is 0 Å². The zero-order valence-electron chi connectivity index (χ0n) is 12.5. The van der Waals surface area contributed by atoms with Crippen molar-refractivity contribution in [3.63, 3.8) is 0 Å². The third kappa shape index (κ3) is 2.69. The molecule has 21 heavy (non-hydrogen) atoms. The molecule has 3 aliphatic carbocycles. The topological polar surface area (TPSA) is 54.0 Å². The third-order valence-corrected chi connectivity index (χ3v) is 4.89. The first-order valence-electron chi connectivity index (χ1n) is 8.38. The number of amides is 1. The molecule has 4 rings (SSSR count). The standard InChI is InChI=1S/C17H23N3O/c21-16(10-18-11-8-9-11)20-17-12-4-1-2-6-14(12)19-15-7-3-5-13(15)17/h11,18H,1-10H2,(H,19,20,21). The van der Waals surface area contributed by atoms with Gasteiger partial charge in [0, 0.05) is 17.4 Å². The van der Waals surface area contributed by atoms with E-state index in [0.29, 0.717) is 12.6 Å². The Hall–Kier alpha value is -1.42. The van der Waals surface area contributed by atoms with Gasteiger partial charge in [-0.1, -0.05) is 0 Å². The zero-order valence-corrected chi connectivity index (χ0v) is 12.5. The van der Waals surface area contributed by atoms with Gasteiger partial charge in [-0.25, -0.2) is 0 Å². The average molecular weight is 285 g/mol. The van der Waals surface area contributed by atoms with Crippen LogP contribution in [0.15, 0.2) is 0 Å². The number of pyridine rings is 1. The maximum Gasteiger partial charge on any atom is 0.238 e. The Labute approximate surface area is 125 Å². The molecule has 0 unspecified atom stereocenters. The second kappa shape index (κ2) is 5.41. The van der Waals surface area contributed by atoms with Crippen LogP contribution in [0.5, 0.6) is 0 Å². The molecule has 2 N–H and O–H groups in total. The van der Waals surface area contributed by atoms with Gasteiger partial charge < -0.3 is 10.6 Å². The lowest BCUT2D eigenvalue weighted by molar-refractivity contribution is -0.115. The fourth-order valence-corrected chi connectivity index (χ4v) is 3.61. The highest BCUT2D eigenvalue weighted by Crippen LogP contribution is 2.35. The Morgan fingerprint density at radius 1 is 1.00 bits per heavy atom. The van der Waals surface area contributed by atoms with Crippen molar-refractivity contribution in [1.29, 1.82) is 0 Å². The molecule has 112 valence electrons. The average Bonchev–Trinajstić information content (AvgIpc) is 3.21. The van der Waals surface area contributed by atoms with Gasteiger partial charge in [0.1, 0.15) is 0 Å². The molecule has 4 heteroatoms. The molecular formula is C17H23N3O. The van der Waals surface area contributed by atoms with Crippen molar-refractivity contribution in [1.82, 2.24) is 10.3 Å². The van der Waals surface area contributed by atoms with Crippen molar-refractivity contribution in [2.75, 3.05) is 11.9 Å². The number of nitrogens with one attached hydrogen (secondary N) is 2. The summed E-state index contributed by atoms with van der Waals surface area (Å²) in [5.41, 5.74) is 6.24. The summed E-state index contributed by atoms with van der Waals surface area (Å²) < 4.78 is 0. The highest BCUT2D eigenvalue weighted by Gasteiger charge is 2.26. The normalized spacial score (nSPS) is 20.0. The lowest BCUT2D eigenvalue weighted by Gasteiger charge is -2.22. The summed E-state index contributed by atoms with van der Waals surface area (Å²) in [6.07, 6.45) is 10.3. The maximum atomic E-state index is 12.2. The summed E-state index contributed by atoms with van der Waals surface area (Å²) >= 11 is 0. The van der Waals surface area contributed by atoms with Crippen LogP contribution < -0.4 is 10.6 Å². The minimum Gasteiger partial charge on any atom is -0.324 e. The van der Waals surface area contributed by atoms with Gasteiger partial charge in [0.25, 0.3) is 0 Å². The van der Waals surface area contributed by atoms with Crippen molar-refractivity contribution in [3.8, 4) is 0 Å². The van der Waals surface area contributed by atoms with E-state index in [1.807, 2.05) is 0 Å². The number of hydrogen-bond donors (Lipinski definition) is 2. The fourth-order valence-electron chi connectivity index (χ4n) is 3.61. The minimum absolute atomic E-state index is 0.106. The van der Waals surface area contributed by atoms with E-state index in [2.05, 4.69) is 10.6 Å². The molecule has 0 spiro atoms. The molecule has 0 radical (unpaired) electrons. The third-order valence-electron chi connectivity index (χ3n) is 4.89. The van der Waals surface area contributed by atoms with Crippen LogP contribution in [0.25, 0.3) is 0 Å². The first-order chi connectivity index (χ1) is 10.3. The first kappa shape index (κ1) is 13.3. The van der Waals surface area contributed by atoms with E-state index in [1.54, 1.807) is 0 Å². The number of rotatable bonds is 4. The Bertz CT molecular complexity index is 578. The van der Waals surface area contributed by atoms with E-state index in [0.717, 1.165) is 31.4 Å². The summed E-state index contributed by atoms with van der Waals surface area (Å²) in [6, 6.07) is 0.577. The molecular weight excluding hydrogens is 262 g/mol. The summed E-state index contributed by atoms with van der Waals surface area (Å²) in [4.78, 5) is 17.1. The molecule has 4 nitrogen and oxygen atoms in total. The van der Waals surface area contributed by atoms with Crippen LogP contribution in [0.1, 0.15) is 54.6 Å². The lowest BCUT2D eigenvalue weighted by atomic mass is 9.92. The molecule has 0 bridgehead atoms. The molecule has 1 aromatic rings. The van der Waals surface area contributed by atoms with Gasteiger partial charge in [-0.05, 0) is 68.9 Å². The molecule has 1 saturated carbocycles. The van der Waals surface area contributed by atoms with Crippen molar-refractivity contribution in [3.05, 3.63) is 22.5 Å². The fraction of sp³-hybridized carbons (Fsp3) is 0.647. The lowest BCUT2D eigenvalue weighted by Crippen LogP contribution is -2.30. The number of hydrogen-bond acceptors (Lipinski definition) is 3. The molecule has 3 aliphatic rings. The van der Waals surface area contributed by atoms with E-state index in [-0.39, 0.29) is 5.91 Å². The van der Waals surface area contributed by atoms with E-state index in [9.17, 15) is 4.79 Å². The van der Waals surface area contributed by atoms with Gasteiger partial charge in [-0.15, -0.1) is 0 Å². The summed E-state index contributed by atoms with van der Waals surface area (Å²) in [7, 11) is 0. The predicted molar refractivity (Wildman–Crippen MR) is 82.6 cm³/mol. The number of aryl methyl sites for hydroxylation is 2. The Morgan fingerprint density at radius 2 is 1.67 bits per heavy atom. The number of fused-ring (bicyclic) bond motifs is 2. The zero-order chi connectivity index (χ0) is 14.2. The Kier molecular flexibility index (Phi) is 3.42. The van der Waals surface area contributed by atoms with Crippen molar-refractivity contribution < 1.29 is 4.79 Å². The van der Waals surface area contributed by atoms with Crippen molar-refractivity contribution >= 4 is 11.6 Å². The van der Waals surface area contributed by atoms with E-state index in [4.69, 9.17) is 4.98 Å². The maximum absolute atomic E-state index is 12.2. The molecule has 1 fully saturated rings. The molecule has 0 atom stereocenters. The first-order valence-corrected chi connectivity index (χ1v) is 8.38. The molecule has 0 aliphatic heterocycles. The van der Waals surface area contributed by atoms with Crippen LogP contribution >= 0.6 is 0 Å². The molecule has 0 aromatic carbocycles. The Balaban J connectivity index is 1.59. The minimum atomic E-state index is 0.106. The van der Waals surface area contributed by atoms with Crippen LogP contribution in [0, 0.1) is 0 Å². The number of carbonyl (C=O) groups is 1. The van der Waals surface area contributed by atoms with E-state index < -0.39 is 0 Å². The van der Waals surface area contributed by atoms with Gasteiger partial charge in [-0.3, -0.25) is 9.78 Å². The smallest absolute Gasteiger partial charge is 0.238 e. The van der Waals surface area contributed by atoms with Crippen LogP contribution in [0.2, 0.25) is 0 Å². The van der Waals surface area contributed by atoms with Gasteiger partial charge in [0.15, 0.2) is 0 Å². The number of carbonyl (C=O) groups excluding carboxylic acids is 1. The Morgan fingerprint density at radius 3 is 2.43 bits per heavy atom. The molecule has 1 aromatic heterocycles. The largest absolute Gasteiger partial charge is 0.324 e. The second-order valence-electron chi connectivity index (χ2n) is 6.60. The number of aromatic nitrogens is 1. The highest BCUT2D eigenvalue weighted by atomic mass is 16.1. The summed E-state index contributed by atoms with van der Waals surface area (Å²) in [5.74, 6) is 0.106. The quantitative estimate of drug-likeness (QED) is 0.891. The number of nitrogens with zero attached hydrogens (tertiary/aromatic N) is 1. The summed E-state index contributed by atoms with van der Waals surface area (Å²) in [5, 5.41) is 6.51. The van der Waals surface area contributed by atoms with Crippen LogP contribution in [-0.2, 0) is 30.5 Å². The van der Waals surface area contributed by atoms with E-state index >= 15 is 0 Å². The van der Waals surface area contributed by atoms with E-state index in [1.165, 1.54) is 54.6 Å². The van der Waals surface area contributed by atoms with Gasteiger partial charge in [0.05, 0.1) is 12.2 Å². The van der Waals surface area contributed by atoms with Crippen molar-refractivity contribution in [2.45, 2.75) is 63.8 Å². The van der Waals surface area contributed by atoms with Crippen LogP contribution in [-0.4, -0.2) is 23.5 Å². The van der Waals surface area contributed by atoms with Crippen LogP contribution in [0.3, 0.4) is 0 Å².